The molecule has 1 unspecified atom stereocenters. The first-order chi connectivity index (χ1) is 9.30. The topological polar surface area (TPSA) is 58.4 Å². The van der Waals surface area contributed by atoms with E-state index in [-0.39, 0.29) is 5.91 Å². The van der Waals surface area contributed by atoms with Crippen molar-refractivity contribution in [3.63, 3.8) is 0 Å². The molecule has 3 N–H and O–H groups in total. The first-order valence-corrected chi connectivity index (χ1v) is 8.02. The van der Waals surface area contributed by atoms with Gasteiger partial charge in [0.05, 0.1) is 0 Å². The minimum absolute atomic E-state index is 0.221. The molecule has 1 rings (SSSR count). The van der Waals surface area contributed by atoms with Crippen molar-refractivity contribution in [2.75, 3.05) is 26.2 Å². The number of nitrogens with two attached hydrogens (primary N) is 1. The molecule has 0 aromatic carbocycles. The Labute approximate surface area is 124 Å². The van der Waals surface area contributed by atoms with Crippen molar-refractivity contribution in [2.24, 2.45) is 17.1 Å². The summed E-state index contributed by atoms with van der Waals surface area (Å²) in [6, 6.07) is 0.360. The Morgan fingerprint density at radius 1 is 1.35 bits per heavy atom. The number of nitrogens with zero attached hydrogens (tertiary/aromatic N) is 1. The van der Waals surface area contributed by atoms with Crippen LogP contribution in [0.1, 0.15) is 53.4 Å². The Bertz CT molecular complexity index is 291. The van der Waals surface area contributed by atoms with Gasteiger partial charge in [-0.05, 0) is 30.6 Å². The molecule has 1 heterocycles. The number of amides is 1. The zero-order valence-electron chi connectivity index (χ0n) is 13.7. The summed E-state index contributed by atoms with van der Waals surface area (Å²) in [5.41, 5.74) is 5.87. The molecule has 1 fully saturated rings. The Morgan fingerprint density at radius 3 is 2.45 bits per heavy atom. The van der Waals surface area contributed by atoms with E-state index < -0.39 is 0 Å². The predicted octanol–water partition coefficient (Wildman–Crippen LogP) is 1.99. The van der Waals surface area contributed by atoms with Crippen LogP contribution < -0.4 is 11.1 Å². The predicted molar refractivity (Wildman–Crippen MR) is 84.5 cm³/mol. The van der Waals surface area contributed by atoms with Crippen LogP contribution in [0.5, 0.6) is 0 Å². The third-order valence-electron chi connectivity index (χ3n) is 3.89. The molecule has 118 valence electrons. The molecule has 1 atom stereocenters. The molecule has 1 aliphatic rings. The van der Waals surface area contributed by atoms with Gasteiger partial charge < -0.3 is 16.0 Å². The van der Waals surface area contributed by atoms with Crippen molar-refractivity contribution in [2.45, 2.75) is 59.4 Å². The highest BCUT2D eigenvalue weighted by molar-refractivity contribution is 5.76. The molecule has 0 saturated carbocycles. The molecule has 1 amide bonds. The van der Waals surface area contributed by atoms with Crippen LogP contribution in [0.25, 0.3) is 0 Å². The summed E-state index contributed by atoms with van der Waals surface area (Å²) in [4.78, 5) is 14.4. The first kappa shape index (κ1) is 17.4. The summed E-state index contributed by atoms with van der Waals surface area (Å²) in [6.07, 6.45) is 3.86. The van der Waals surface area contributed by atoms with E-state index in [0.717, 1.165) is 45.4 Å². The molecule has 4 nitrogen and oxygen atoms in total. The summed E-state index contributed by atoms with van der Waals surface area (Å²) in [6.45, 7) is 12.7. The second-order valence-electron chi connectivity index (χ2n) is 7.55. The Balaban J connectivity index is 2.23. The SMILES string of the molecule is CC(CC(=O)NC1CCN(CCN)CC1)CC(C)(C)C. The van der Waals surface area contributed by atoms with Gasteiger partial charge in [-0.3, -0.25) is 4.79 Å². The second-order valence-corrected chi connectivity index (χ2v) is 7.55. The molecule has 0 aliphatic carbocycles. The highest BCUT2D eigenvalue weighted by atomic mass is 16.1. The van der Waals surface area contributed by atoms with Gasteiger partial charge in [-0.25, -0.2) is 0 Å². The summed E-state index contributed by atoms with van der Waals surface area (Å²) >= 11 is 0. The Hall–Kier alpha value is -0.610. The van der Waals surface area contributed by atoms with Crippen molar-refractivity contribution in [3.05, 3.63) is 0 Å². The van der Waals surface area contributed by atoms with Gasteiger partial charge in [0.15, 0.2) is 0 Å². The van der Waals surface area contributed by atoms with E-state index in [4.69, 9.17) is 5.73 Å². The molecule has 20 heavy (non-hydrogen) atoms. The largest absolute Gasteiger partial charge is 0.353 e. The van der Waals surface area contributed by atoms with Crippen LogP contribution >= 0.6 is 0 Å². The Kier molecular flexibility index (Phi) is 6.96. The van der Waals surface area contributed by atoms with Gasteiger partial charge >= 0.3 is 0 Å². The maximum atomic E-state index is 12.1. The number of carbonyl (C=O) groups is 1. The highest BCUT2D eigenvalue weighted by Gasteiger charge is 2.22. The number of piperidine rings is 1. The van der Waals surface area contributed by atoms with Crippen molar-refractivity contribution in [3.8, 4) is 0 Å². The summed E-state index contributed by atoms with van der Waals surface area (Å²) in [5, 5.41) is 3.20. The lowest BCUT2D eigenvalue weighted by Crippen LogP contribution is -2.46. The van der Waals surface area contributed by atoms with Crippen molar-refractivity contribution >= 4 is 5.91 Å². The fourth-order valence-corrected chi connectivity index (χ4v) is 3.20. The molecular formula is C16H33N3O. The van der Waals surface area contributed by atoms with Gasteiger partial charge in [-0.15, -0.1) is 0 Å². The van der Waals surface area contributed by atoms with E-state index in [1.807, 2.05) is 0 Å². The van der Waals surface area contributed by atoms with Crippen LogP contribution in [0, 0.1) is 11.3 Å². The molecule has 0 aromatic heterocycles. The zero-order valence-corrected chi connectivity index (χ0v) is 13.7. The van der Waals surface area contributed by atoms with Gasteiger partial charge in [0, 0.05) is 38.6 Å². The number of hydrogen-bond acceptors (Lipinski definition) is 3. The van der Waals surface area contributed by atoms with Crippen molar-refractivity contribution in [1.29, 1.82) is 0 Å². The van der Waals surface area contributed by atoms with E-state index in [0.29, 0.717) is 23.8 Å². The number of nitrogens with one attached hydrogen (secondary N) is 1. The van der Waals surface area contributed by atoms with E-state index in [1.54, 1.807) is 0 Å². The lowest BCUT2D eigenvalue weighted by molar-refractivity contribution is -0.123. The highest BCUT2D eigenvalue weighted by Crippen LogP contribution is 2.25. The van der Waals surface area contributed by atoms with E-state index in [9.17, 15) is 4.79 Å². The number of rotatable bonds is 6. The minimum Gasteiger partial charge on any atom is -0.353 e. The van der Waals surface area contributed by atoms with Crippen LogP contribution in [-0.4, -0.2) is 43.0 Å². The molecular weight excluding hydrogens is 250 g/mol. The quantitative estimate of drug-likeness (QED) is 0.784. The van der Waals surface area contributed by atoms with Gasteiger partial charge in [0.1, 0.15) is 0 Å². The van der Waals surface area contributed by atoms with E-state index >= 15 is 0 Å². The fraction of sp³-hybridized carbons (Fsp3) is 0.938. The summed E-state index contributed by atoms with van der Waals surface area (Å²) in [7, 11) is 0. The summed E-state index contributed by atoms with van der Waals surface area (Å²) < 4.78 is 0. The molecule has 0 aromatic rings. The average Bonchev–Trinajstić information content (AvgIpc) is 2.29. The van der Waals surface area contributed by atoms with Crippen LogP contribution in [0.2, 0.25) is 0 Å². The maximum Gasteiger partial charge on any atom is 0.220 e. The van der Waals surface area contributed by atoms with Crippen LogP contribution in [0.3, 0.4) is 0 Å². The first-order valence-electron chi connectivity index (χ1n) is 8.02. The maximum absolute atomic E-state index is 12.1. The molecule has 1 aliphatic heterocycles. The van der Waals surface area contributed by atoms with Crippen molar-refractivity contribution < 1.29 is 4.79 Å². The standard InChI is InChI=1S/C16H33N3O/c1-13(12-16(2,3)4)11-15(20)18-14-5-8-19(9-6-14)10-7-17/h13-14H,5-12,17H2,1-4H3,(H,18,20). The van der Waals surface area contributed by atoms with E-state index in [2.05, 4.69) is 37.9 Å². The monoisotopic (exact) mass is 283 g/mol. The third-order valence-corrected chi connectivity index (χ3v) is 3.89. The fourth-order valence-electron chi connectivity index (χ4n) is 3.20. The molecule has 1 saturated heterocycles. The Morgan fingerprint density at radius 2 is 1.95 bits per heavy atom. The minimum atomic E-state index is 0.221. The van der Waals surface area contributed by atoms with Crippen LogP contribution in [-0.2, 0) is 4.79 Å². The molecule has 0 radical (unpaired) electrons. The van der Waals surface area contributed by atoms with Crippen molar-refractivity contribution in [1.82, 2.24) is 10.2 Å². The second kappa shape index (κ2) is 7.99. The molecule has 0 bridgehead atoms. The lowest BCUT2D eigenvalue weighted by Gasteiger charge is -2.32. The van der Waals surface area contributed by atoms with E-state index in [1.165, 1.54) is 0 Å². The number of likely N-dealkylation sites (tertiary alicyclic amines) is 1. The average molecular weight is 283 g/mol. The lowest BCUT2D eigenvalue weighted by atomic mass is 9.84. The number of hydrogen-bond donors (Lipinski definition) is 2. The van der Waals surface area contributed by atoms with Gasteiger partial charge in [-0.1, -0.05) is 27.7 Å². The molecule has 4 heteroatoms. The third kappa shape index (κ3) is 7.25. The summed E-state index contributed by atoms with van der Waals surface area (Å²) in [5.74, 6) is 0.673. The zero-order chi connectivity index (χ0) is 15.2. The normalized spacial score (nSPS) is 19.9. The van der Waals surface area contributed by atoms with Gasteiger partial charge in [0.2, 0.25) is 5.91 Å². The van der Waals surface area contributed by atoms with Gasteiger partial charge in [0.25, 0.3) is 0 Å². The number of carbonyl (C=O) groups excluding carboxylic acids is 1. The van der Waals surface area contributed by atoms with Crippen LogP contribution in [0.15, 0.2) is 0 Å². The smallest absolute Gasteiger partial charge is 0.220 e. The molecule has 0 spiro atoms. The van der Waals surface area contributed by atoms with Crippen LogP contribution in [0.4, 0.5) is 0 Å². The van der Waals surface area contributed by atoms with Gasteiger partial charge in [-0.2, -0.15) is 0 Å².